The van der Waals surface area contributed by atoms with E-state index in [1.807, 2.05) is 42.2 Å². The Kier molecular flexibility index (Phi) is 4.76. The van der Waals surface area contributed by atoms with Gasteiger partial charge in [-0.1, -0.05) is 35.9 Å². The van der Waals surface area contributed by atoms with Crippen LogP contribution in [-0.4, -0.2) is 21.0 Å². The van der Waals surface area contributed by atoms with Crippen LogP contribution in [0.15, 0.2) is 42.5 Å². The van der Waals surface area contributed by atoms with Crippen LogP contribution in [0.5, 0.6) is 11.5 Å². The van der Waals surface area contributed by atoms with Crippen LogP contribution in [0.1, 0.15) is 28.1 Å². The summed E-state index contributed by atoms with van der Waals surface area (Å²) < 4.78 is 5.93. The average Bonchev–Trinajstić information content (AvgIpc) is 3.26. The molecule has 2 heterocycles. The average molecular weight is 393 g/mol. The number of aromatic amines is 1. The fraction of sp³-hybridized carbons (Fsp3) is 0.190. The first-order chi connectivity index (χ1) is 13.5. The molecule has 140 valence electrons. The third-order valence-electron chi connectivity index (χ3n) is 4.69. The van der Waals surface area contributed by atoms with Gasteiger partial charge in [0.1, 0.15) is 11.4 Å². The number of carbonyl (C=O) groups is 1. The summed E-state index contributed by atoms with van der Waals surface area (Å²) >= 11 is 6.05. The number of hydrogen-bond acceptors (Lipinski definition) is 4. The van der Waals surface area contributed by atoms with Gasteiger partial charge in [0.15, 0.2) is 5.75 Å². The van der Waals surface area contributed by atoms with E-state index >= 15 is 0 Å². The molecule has 3 aromatic rings. The highest BCUT2D eigenvalue weighted by atomic mass is 35.5. The van der Waals surface area contributed by atoms with E-state index in [-0.39, 0.29) is 12.3 Å². The van der Waals surface area contributed by atoms with E-state index < -0.39 is 0 Å². The van der Waals surface area contributed by atoms with Gasteiger partial charge in [0.05, 0.1) is 23.7 Å². The Morgan fingerprint density at radius 2 is 2.00 bits per heavy atom. The fourth-order valence-corrected chi connectivity index (χ4v) is 3.52. The molecule has 0 unspecified atom stereocenters. The van der Waals surface area contributed by atoms with E-state index in [1.54, 1.807) is 18.2 Å². The number of nitriles is 1. The topological polar surface area (TPSA) is 82.0 Å². The maximum Gasteiger partial charge on any atom is 0.229 e. The van der Waals surface area contributed by atoms with Crippen molar-refractivity contribution in [2.75, 3.05) is 0 Å². The van der Waals surface area contributed by atoms with Crippen molar-refractivity contribution < 1.29 is 9.53 Å². The van der Waals surface area contributed by atoms with Crippen molar-refractivity contribution in [1.29, 1.82) is 5.26 Å². The van der Waals surface area contributed by atoms with Crippen LogP contribution >= 0.6 is 11.6 Å². The van der Waals surface area contributed by atoms with Gasteiger partial charge in [-0.05, 0) is 36.2 Å². The molecule has 0 saturated carbocycles. The summed E-state index contributed by atoms with van der Waals surface area (Å²) in [6, 6.07) is 14.9. The van der Waals surface area contributed by atoms with Gasteiger partial charge in [0.2, 0.25) is 5.91 Å². The van der Waals surface area contributed by atoms with Gasteiger partial charge in [-0.2, -0.15) is 10.4 Å². The van der Waals surface area contributed by atoms with Gasteiger partial charge < -0.3 is 9.64 Å². The number of fused-ring (bicyclic) bond motifs is 1. The van der Waals surface area contributed by atoms with Crippen molar-refractivity contribution >= 4 is 17.5 Å². The first kappa shape index (κ1) is 18.1. The zero-order valence-electron chi connectivity index (χ0n) is 15.2. The van der Waals surface area contributed by atoms with Crippen molar-refractivity contribution in [1.82, 2.24) is 15.1 Å². The maximum atomic E-state index is 12.8. The minimum Gasteiger partial charge on any atom is -0.453 e. The summed E-state index contributed by atoms with van der Waals surface area (Å²) in [6.45, 7) is 3.03. The Morgan fingerprint density at radius 3 is 2.68 bits per heavy atom. The highest BCUT2D eigenvalue weighted by molar-refractivity contribution is 6.30. The summed E-state index contributed by atoms with van der Waals surface area (Å²) in [5.74, 6) is 0.892. The van der Waals surface area contributed by atoms with Crippen LogP contribution in [-0.2, 0) is 24.3 Å². The number of amides is 1. The van der Waals surface area contributed by atoms with Gasteiger partial charge in [0.25, 0.3) is 0 Å². The van der Waals surface area contributed by atoms with Crippen molar-refractivity contribution in [3.63, 3.8) is 0 Å². The molecule has 1 aromatic heterocycles. The molecular weight excluding hydrogens is 376 g/mol. The van der Waals surface area contributed by atoms with E-state index in [2.05, 4.69) is 10.2 Å². The number of carbonyl (C=O) groups excluding carboxylic acids is 1. The maximum absolute atomic E-state index is 12.8. The SMILES string of the molecule is Cc1[nH]nc(CC(=O)N2Cc3ccccc3C2)c1Oc1cc(Cl)cc(C#N)c1. The number of rotatable bonds is 4. The predicted octanol–water partition coefficient (Wildman–Crippen LogP) is 4.12. The second-order valence-electron chi connectivity index (χ2n) is 6.71. The Bertz CT molecular complexity index is 1080. The quantitative estimate of drug-likeness (QED) is 0.724. The number of hydrogen-bond donors (Lipinski definition) is 1. The number of halogens is 1. The smallest absolute Gasteiger partial charge is 0.229 e. The second kappa shape index (κ2) is 7.37. The summed E-state index contributed by atoms with van der Waals surface area (Å²) in [5, 5.41) is 16.6. The lowest BCUT2D eigenvalue weighted by atomic mass is 10.1. The number of nitrogens with one attached hydrogen (secondary N) is 1. The molecular formula is C21H17ClN4O2. The third kappa shape index (κ3) is 3.57. The summed E-state index contributed by atoms with van der Waals surface area (Å²) in [6.07, 6.45) is 0.124. The molecule has 0 aliphatic carbocycles. The van der Waals surface area contributed by atoms with E-state index in [0.717, 1.165) is 0 Å². The largest absolute Gasteiger partial charge is 0.453 e. The molecule has 0 fully saturated rings. The number of H-pyrrole nitrogens is 1. The van der Waals surface area contributed by atoms with Gasteiger partial charge >= 0.3 is 0 Å². The van der Waals surface area contributed by atoms with Crippen LogP contribution in [0.2, 0.25) is 5.02 Å². The van der Waals surface area contributed by atoms with Crippen molar-refractivity contribution in [3.8, 4) is 17.6 Å². The number of nitrogens with zero attached hydrogens (tertiary/aromatic N) is 3. The Balaban J connectivity index is 1.52. The summed E-state index contributed by atoms with van der Waals surface area (Å²) in [4.78, 5) is 14.6. The molecule has 7 heteroatoms. The number of ether oxygens (including phenoxy) is 1. The first-order valence-corrected chi connectivity index (χ1v) is 9.18. The molecule has 0 radical (unpaired) electrons. The Hall–Kier alpha value is -3.30. The summed E-state index contributed by atoms with van der Waals surface area (Å²) in [5.41, 5.74) is 3.97. The second-order valence-corrected chi connectivity index (χ2v) is 7.15. The third-order valence-corrected chi connectivity index (χ3v) is 4.91. The molecule has 1 N–H and O–H groups in total. The van der Waals surface area contributed by atoms with Crippen LogP contribution in [0, 0.1) is 18.3 Å². The standard InChI is InChI=1S/C21H17ClN4O2/c1-13-21(28-18-7-14(10-23)6-17(22)8-18)19(25-24-13)9-20(27)26-11-15-4-2-3-5-16(15)12-26/h2-8H,9,11-12H2,1H3,(H,24,25). The number of aryl methyl sites for hydroxylation is 1. The minimum atomic E-state index is -0.0173. The Morgan fingerprint density at radius 1 is 1.29 bits per heavy atom. The molecule has 6 nitrogen and oxygen atoms in total. The molecule has 0 atom stereocenters. The minimum absolute atomic E-state index is 0.0173. The van der Waals surface area contributed by atoms with Gasteiger partial charge in [-0.25, -0.2) is 0 Å². The zero-order valence-corrected chi connectivity index (χ0v) is 16.0. The molecule has 28 heavy (non-hydrogen) atoms. The molecule has 1 aliphatic heterocycles. The lowest BCUT2D eigenvalue weighted by Crippen LogP contribution is -2.27. The number of benzene rings is 2. The fourth-order valence-electron chi connectivity index (χ4n) is 3.29. The van der Waals surface area contributed by atoms with E-state index in [4.69, 9.17) is 21.6 Å². The molecule has 1 amide bonds. The van der Waals surface area contributed by atoms with Crippen molar-refractivity contribution in [2.24, 2.45) is 0 Å². The Labute approximate surface area is 167 Å². The van der Waals surface area contributed by atoms with Gasteiger partial charge in [-0.3, -0.25) is 9.89 Å². The van der Waals surface area contributed by atoms with Gasteiger partial charge in [-0.15, -0.1) is 0 Å². The molecule has 2 aromatic carbocycles. The lowest BCUT2D eigenvalue weighted by molar-refractivity contribution is -0.131. The zero-order chi connectivity index (χ0) is 19.7. The molecule has 1 aliphatic rings. The molecule has 4 rings (SSSR count). The lowest BCUT2D eigenvalue weighted by Gasteiger charge is -2.15. The van der Waals surface area contributed by atoms with Crippen molar-refractivity contribution in [3.05, 3.63) is 75.6 Å². The van der Waals surface area contributed by atoms with Crippen LogP contribution in [0.25, 0.3) is 0 Å². The molecule has 0 saturated heterocycles. The van der Waals surface area contributed by atoms with Crippen LogP contribution in [0.4, 0.5) is 0 Å². The van der Waals surface area contributed by atoms with Crippen molar-refractivity contribution in [2.45, 2.75) is 26.4 Å². The monoisotopic (exact) mass is 392 g/mol. The molecule has 0 spiro atoms. The summed E-state index contributed by atoms with van der Waals surface area (Å²) in [7, 11) is 0. The highest BCUT2D eigenvalue weighted by Crippen LogP contribution is 2.31. The van der Waals surface area contributed by atoms with E-state index in [0.29, 0.717) is 46.6 Å². The van der Waals surface area contributed by atoms with Crippen LogP contribution < -0.4 is 4.74 Å². The highest BCUT2D eigenvalue weighted by Gasteiger charge is 2.25. The first-order valence-electron chi connectivity index (χ1n) is 8.80. The van der Waals surface area contributed by atoms with E-state index in [1.165, 1.54) is 11.1 Å². The van der Waals surface area contributed by atoms with E-state index in [9.17, 15) is 4.79 Å². The van der Waals surface area contributed by atoms with Crippen LogP contribution in [0.3, 0.4) is 0 Å². The molecule has 0 bridgehead atoms. The van der Waals surface area contributed by atoms with Gasteiger partial charge in [0, 0.05) is 18.1 Å². The number of aromatic nitrogens is 2. The predicted molar refractivity (Wildman–Crippen MR) is 104 cm³/mol. The normalized spacial score (nSPS) is 12.5.